The van der Waals surface area contributed by atoms with Crippen LogP contribution in [0.1, 0.15) is 44.9 Å². The number of alkyl halides is 1. The topological polar surface area (TPSA) is 58.2 Å². The molecule has 2 unspecified atom stereocenters. The second kappa shape index (κ2) is 5.00. The first-order valence-electron chi connectivity index (χ1n) is 7.58. The molecule has 0 spiro atoms. The number of hydrogen-bond acceptors (Lipinski definition) is 2. The van der Waals surface area contributed by atoms with Crippen molar-refractivity contribution < 1.29 is 9.59 Å². The molecule has 2 atom stereocenters. The Morgan fingerprint density at radius 3 is 2.35 bits per heavy atom. The van der Waals surface area contributed by atoms with Gasteiger partial charge in [0.25, 0.3) is 0 Å². The lowest BCUT2D eigenvalue weighted by atomic mass is 9.48. The lowest BCUT2D eigenvalue weighted by Crippen LogP contribution is -2.54. The van der Waals surface area contributed by atoms with Crippen LogP contribution in [0.2, 0.25) is 0 Å². The van der Waals surface area contributed by atoms with Gasteiger partial charge in [0, 0.05) is 17.8 Å². The minimum Gasteiger partial charge on any atom is -0.358 e. The molecule has 0 heterocycles. The predicted octanol–water partition coefficient (Wildman–Crippen LogP) is 1.97. The maximum Gasteiger partial charge on any atom is 0.239 e. The molecule has 4 saturated carbocycles. The molecule has 2 amide bonds. The van der Waals surface area contributed by atoms with E-state index in [0.717, 1.165) is 18.3 Å². The van der Waals surface area contributed by atoms with Crippen molar-refractivity contribution in [2.45, 2.75) is 49.3 Å². The molecule has 4 fully saturated rings. The summed E-state index contributed by atoms with van der Waals surface area (Å²) in [6, 6.07) is 0. The fraction of sp³-hybridized carbons (Fsp3) is 0.867. The van der Waals surface area contributed by atoms with Crippen LogP contribution in [0.15, 0.2) is 0 Å². The fourth-order valence-electron chi connectivity index (χ4n) is 5.21. The average Bonchev–Trinajstić information content (AvgIpc) is 2.32. The summed E-state index contributed by atoms with van der Waals surface area (Å²) >= 11 is 3.96. The zero-order chi connectivity index (χ0) is 14.4. The van der Waals surface area contributed by atoms with Crippen molar-refractivity contribution in [3.05, 3.63) is 0 Å². The highest BCUT2D eigenvalue weighted by molar-refractivity contribution is 9.10. The van der Waals surface area contributed by atoms with Gasteiger partial charge in [-0.3, -0.25) is 9.59 Å². The molecule has 2 N–H and O–H groups in total. The number of amides is 2. The second-order valence-electron chi connectivity index (χ2n) is 7.24. The van der Waals surface area contributed by atoms with Crippen LogP contribution in [0, 0.1) is 17.3 Å². The van der Waals surface area contributed by atoms with Crippen molar-refractivity contribution in [3.8, 4) is 0 Å². The van der Waals surface area contributed by atoms with Crippen molar-refractivity contribution in [2.24, 2.45) is 17.3 Å². The van der Waals surface area contributed by atoms with Crippen LogP contribution in [-0.2, 0) is 9.59 Å². The van der Waals surface area contributed by atoms with Gasteiger partial charge >= 0.3 is 0 Å². The third kappa shape index (κ3) is 2.74. The van der Waals surface area contributed by atoms with E-state index in [2.05, 4.69) is 26.6 Å². The number of likely N-dealkylation sites (N-methyl/N-ethyl adjacent to an activating group) is 1. The van der Waals surface area contributed by atoms with E-state index < -0.39 is 0 Å². The molecule has 0 aromatic rings. The van der Waals surface area contributed by atoms with E-state index in [1.54, 1.807) is 7.05 Å². The Bertz CT molecular complexity index is 424. The largest absolute Gasteiger partial charge is 0.358 e. The zero-order valence-corrected chi connectivity index (χ0v) is 13.6. The second-order valence-corrected chi connectivity index (χ2v) is 8.92. The first kappa shape index (κ1) is 14.4. The summed E-state index contributed by atoms with van der Waals surface area (Å²) in [5.74, 6) is 1.48. The lowest BCUT2D eigenvalue weighted by Gasteiger charge is -2.60. The molecule has 4 aliphatic rings. The van der Waals surface area contributed by atoms with Gasteiger partial charge in [0.1, 0.15) is 0 Å². The highest BCUT2D eigenvalue weighted by Gasteiger charge is 2.57. The highest BCUT2D eigenvalue weighted by Crippen LogP contribution is 2.65. The fourth-order valence-corrected chi connectivity index (χ4v) is 6.72. The van der Waals surface area contributed by atoms with Crippen molar-refractivity contribution in [1.29, 1.82) is 0 Å². The van der Waals surface area contributed by atoms with Crippen LogP contribution < -0.4 is 10.6 Å². The molecule has 4 rings (SSSR count). The summed E-state index contributed by atoms with van der Waals surface area (Å²) in [7, 11) is 1.59. The minimum atomic E-state index is -0.138. The molecule has 0 aliphatic heterocycles. The standard InChI is InChI=1S/C15H23BrN2O2/c1-17-13(20)8-18-12(19)7-14-3-10-2-11(4-14)6-15(16,5-10)9-14/h10-11H,2-9H2,1H3,(H,17,20)(H,18,19). The quantitative estimate of drug-likeness (QED) is 0.767. The third-order valence-electron chi connectivity index (χ3n) is 5.37. The molecular weight excluding hydrogens is 320 g/mol. The Balaban J connectivity index is 1.62. The van der Waals surface area contributed by atoms with E-state index in [1.807, 2.05) is 0 Å². The molecule has 0 aromatic carbocycles. The van der Waals surface area contributed by atoms with Crippen LogP contribution >= 0.6 is 15.9 Å². The maximum atomic E-state index is 12.1. The number of carbonyl (C=O) groups is 2. The van der Waals surface area contributed by atoms with E-state index in [1.165, 1.54) is 32.1 Å². The van der Waals surface area contributed by atoms with Crippen LogP contribution in [0.3, 0.4) is 0 Å². The molecule has 0 radical (unpaired) electrons. The van der Waals surface area contributed by atoms with Gasteiger partial charge in [-0.1, -0.05) is 15.9 Å². The van der Waals surface area contributed by atoms with Crippen LogP contribution in [0.5, 0.6) is 0 Å². The summed E-state index contributed by atoms with van der Waals surface area (Å²) in [5, 5.41) is 5.28. The minimum absolute atomic E-state index is 0.0339. The van der Waals surface area contributed by atoms with Gasteiger partial charge < -0.3 is 10.6 Å². The van der Waals surface area contributed by atoms with Crippen molar-refractivity contribution in [3.63, 3.8) is 0 Å². The van der Waals surface area contributed by atoms with E-state index >= 15 is 0 Å². The predicted molar refractivity (Wildman–Crippen MR) is 80.5 cm³/mol. The van der Waals surface area contributed by atoms with Crippen LogP contribution in [0.4, 0.5) is 0 Å². The van der Waals surface area contributed by atoms with Gasteiger partial charge in [-0.25, -0.2) is 0 Å². The smallest absolute Gasteiger partial charge is 0.239 e. The molecule has 4 aliphatic carbocycles. The number of rotatable bonds is 4. The van der Waals surface area contributed by atoms with Gasteiger partial charge in [0.2, 0.25) is 11.8 Å². The Labute approximate surface area is 128 Å². The Kier molecular flexibility index (Phi) is 3.59. The Hall–Kier alpha value is -0.580. The van der Waals surface area contributed by atoms with Gasteiger partial charge in [0.05, 0.1) is 6.54 Å². The molecule has 0 aromatic heterocycles. The molecule has 5 heteroatoms. The Morgan fingerprint density at radius 2 is 1.80 bits per heavy atom. The highest BCUT2D eigenvalue weighted by atomic mass is 79.9. The number of nitrogens with one attached hydrogen (secondary N) is 2. The summed E-state index contributed by atoms with van der Waals surface area (Å²) in [4.78, 5) is 23.3. The van der Waals surface area contributed by atoms with Crippen molar-refractivity contribution >= 4 is 27.7 Å². The zero-order valence-electron chi connectivity index (χ0n) is 12.0. The molecule has 0 saturated heterocycles. The molecular formula is C15H23BrN2O2. The molecule has 112 valence electrons. The Morgan fingerprint density at radius 1 is 1.15 bits per heavy atom. The monoisotopic (exact) mass is 342 g/mol. The van der Waals surface area contributed by atoms with Gasteiger partial charge in [-0.05, 0) is 55.8 Å². The van der Waals surface area contributed by atoms with Gasteiger partial charge in [-0.2, -0.15) is 0 Å². The van der Waals surface area contributed by atoms with E-state index in [9.17, 15) is 9.59 Å². The first-order chi connectivity index (χ1) is 9.42. The molecule has 4 bridgehead atoms. The number of halogens is 1. The first-order valence-corrected chi connectivity index (χ1v) is 8.38. The van der Waals surface area contributed by atoms with Gasteiger partial charge in [0.15, 0.2) is 0 Å². The summed E-state index contributed by atoms with van der Waals surface area (Å²) in [6.45, 7) is 0.0950. The average molecular weight is 343 g/mol. The van der Waals surface area contributed by atoms with Crippen LogP contribution in [-0.4, -0.2) is 29.7 Å². The summed E-state index contributed by atoms with van der Waals surface area (Å²) in [6.07, 6.45) is 8.03. The van der Waals surface area contributed by atoms with E-state index in [-0.39, 0.29) is 28.1 Å². The third-order valence-corrected chi connectivity index (χ3v) is 6.30. The number of carbonyl (C=O) groups excluding carboxylic acids is 2. The summed E-state index contributed by atoms with van der Waals surface area (Å²) in [5.41, 5.74) is 0.181. The van der Waals surface area contributed by atoms with E-state index in [0.29, 0.717) is 6.42 Å². The van der Waals surface area contributed by atoms with Crippen LogP contribution in [0.25, 0.3) is 0 Å². The summed E-state index contributed by atoms with van der Waals surface area (Å²) < 4.78 is 0.290. The normalized spacial score (nSPS) is 41.5. The van der Waals surface area contributed by atoms with Crippen molar-refractivity contribution in [2.75, 3.05) is 13.6 Å². The number of hydrogen-bond donors (Lipinski definition) is 2. The lowest BCUT2D eigenvalue weighted by molar-refractivity contribution is -0.130. The molecule has 4 nitrogen and oxygen atoms in total. The van der Waals surface area contributed by atoms with E-state index in [4.69, 9.17) is 0 Å². The SMILES string of the molecule is CNC(=O)CNC(=O)CC12CC3CC(CC(Br)(C3)C1)C2. The maximum absolute atomic E-state index is 12.1. The van der Waals surface area contributed by atoms with Gasteiger partial charge in [-0.15, -0.1) is 0 Å². The molecule has 20 heavy (non-hydrogen) atoms. The van der Waals surface area contributed by atoms with Crippen molar-refractivity contribution in [1.82, 2.24) is 10.6 Å².